The van der Waals surface area contributed by atoms with E-state index in [0.29, 0.717) is 6.42 Å². The highest BCUT2D eigenvalue weighted by Gasteiger charge is 2.33. The van der Waals surface area contributed by atoms with Crippen molar-refractivity contribution in [3.05, 3.63) is 35.9 Å². The number of hydrogen-bond donors (Lipinski definition) is 0. The molecule has 0 amide bonds. The first-order chi connectivity index (χ1) is 12.2. The molecular formula is C18H25N5OS. The fourth-order valence-corrected chi connectivity index (χ4v) is 4.48. The summed E-state index contributed by atoms with van der Waals surface area (Å²) >= 11 is 2.01. The molecule has 0 spiro atoms. The molecule has 0 bridgehead atoms. The van der Waals surface area contributed by atoms with Gasteiger partial charge in [0.15, 0.2) is 0 Å². The fraction of sp³-hybridized carbons (Fsp3) is 0.611. The van der Waals surface area contributed by atoms with Gasteiger partial charge in [0.25, 0.3) is 0 Å². The maximum atomic E-state index is 6.05. The minimum Gasteiger partial charge on any atom is -0.373 e. The van der Waals surface area contributed by atoms with Crippen molar-refractivity contribution in [1.82, 2.24) is 19.7 Å². The standard InChI is InChI=1S/C18H25N5OS/c1-18(6-4-10-24-18)14-23-16(13-15-5-2-3-7-19-15)20-21-17(23)22-8-11-25-12-9-22/h2-3,5,7H,4,6,8-14H2,1H3. The second-order valence-corrected chi connectivity index (χ2v) is 8.23. The number of anilines is 1. The Labute approximate surface area is 153 Å². The quantitative estimate of drug-likeness (QED) is 0.817. The SMILES string of the molecule is CC1(Cn2c(Cc3ccccn3)nnc2N2CCSCC2)CCCO1. The Kier molecular flexibility index (Phi) is 4.94. The number of aromatic nitrogens is 4. The zero-order chi connectivity index (χ0) is 17.1. The number of thioether (sulfide) groups is 1. The molecule has 2 aromatic heterocycles. The summed E-state index contributed by atoms with van der Waals surface area (Å²) in [5, 5.41) is 9.08. The lowest BCUT2D eigenvalue weighted by atomic mass is 10.0. The summed E-state index contributed by atoms with van der Waals surface area (Å²) in [5.41, 5.74) is 0.898. The van der Waals surface area contributed by atoms with Gasteiger partial charge < -0.3 is 9.64 Å². The molecule has 2 fully saturated rings. The van der Waals surface area contributed by atoms with Crippen LogP contribution in [0.15, 0.2) is 24.4 Å². The van der Waals surface area contributed by atoms with Crippen molar-refractivity contribution in [3.63, 3.8) is 0 Å². The van der Waals surface area contributed by atoms with Gasteiger partial charge >= 0.3 is 0 Å². The van der Waals surface area contributed by atoms with E-state index in [2.05, 4.69) is 31.6 Å². The monoisotopic (exact) mass is 359 g/mol. The summed E-state index contributed by atoms with van der Waals surface area (Å²) in [6.45, 7) is 5.93. The third-order valence-corrected chi connectivity index (χ3v) is 5.90. The van der Waals surface area contributed by atoms with E-state index in [1.165, 1.54) is 0 Å². The van der Waals surface area contributed by atoms with Gasteiger partial charge in [0, 0.05) is 43.1 Å². The topological polar surface area (TPSA) is 56.1 Å². The Morgan fingerprint density at radius 2 is 2.12 bits per heavy atom. The highest BCUT2D eigenvalue weighted by atomic mass is 32.2. The van der Waals surface area contributed by atoms with Gasteiger partial charge in [-0.3, -0.25) is 9.55 Å². The molecule has 7 heteroatoms. The van der Waals surface area contributed by atoms with E-state index < -0.39 is 0 Å². The van der Waals surface area contributed by atoms with E-state index in [-0.39, 0.29) is 5.60 Å². The molecule has 2 aromatic rings. The van der Waals surface area contributed by atoms with Crippen molar-refractivity contribution in [2.75, 3.05) is 36.1 Å². The molecule has 0 radical (unpaired) electrons. The second-order valence-electron chi connectivity index (χ2n) is 7.00. The molecule has 25 heavy (non-hydrogen) atoms. The summed E-state index contributed by atoms with van der Waals surface area (Å²) in [6, 6.07) is 6.01. The average molecular weight is 359 g/mol. The molecule has 6 nitrogen and oxygen atoms in total. The predicted molar refractivity (Wildman–Crippen MR) is 100 cm³/mol. The first-order valence-corrected chi connectivity index (χ1v) is 10.2. The van der Waals surface area contributed by atoms with E-state index >= 15 is 0 Å². The third-order valence-electron chi connectivity index (χ3n) is 4.96. The molecule has 0 N–H and O–H groups in total. The van der Waals surface area contributed by atoms with Crippen LogP contribution in [0, 0.1) is 0 Å². The van der Waals surface area contributed by atoms with Crippen molar-refractivity contribution in [3.8, 4) is 0 Å². The van der Waals surface area contributed by atoms with Crippen molar-refractivity contribution in [2.24, 2.45) is 0 Å². The van der Waals surface area contributed by atoms with E-state index in [9.17, 15) is 0 Å². The first-order valence-electron chi connectivity index (χ1n) is 9.02. The highest BCUT2D eigenvalue weighted by molar-refractivity contribution is 7.99. The molecule has 1 unspecified atom stereocenters. The maximum Gasteiger partial charge on any atom is 0.227 e. The minimum absolute atomic E-state index is 0.124. The molecule has 2 aliphatic rings. The molecule has 0 aromatic carbocycles. The van der Waals surface area contributed by atoms with Crippen LogP contribution in [0.3, 0.4) is 0 Å². The number of pyridine rings is 1. The van der Waals surface area contributed by atoms with Crippen LogP contribution in [-0.2, 0) is 17.7 Å². The van der Waals surface area contributed by atoms with E-state index in [0.717, 1.165) is 68.1 Å². The highest BCUT2D eigenvalue weighted by Crippen LogP contribution is 2.30. The Balaban J connectivity index is 1.64. The van der Waals surface area contributed by atoms with Crippen molar-refractivity contribution in [2.45, 2.75) is 38.3 Å². The van der Waals surface area contributed by atoms with E-state index in [4.69, 9.17) is 4.74 Å². The summed E-state index contributed by atoms with van der Waals surface area (Å²) in [4.78, 5) is 6.82. The molecule has 134 valence electrons. The number of rotatable bonds is 5. The zero-order valence-electron chi connectivity index (χ0n) is 14.7. The summed E-state index contributed by atoms with van der Waals surface area (Å²) in [7, 11) is 0. The average Bonchev–Trinajstić information content (AvgIpc) is 3.24. The van der Waals surface area contributed by atoms with Crippen molar-refractivity contribution in [1.29, 1.82) is 0 Å². The first kappa shape index (κ1) is 16.8. The van der Waals surface area contributed by atoms with Gasteiger partial charge in [-0.2, -0.15) is 11.8 Å². The molecule has 2 saturated heterocycles. The normalized spacial score (nSPS) is 24.0. The van der Waals surface area contributed by atoms with Gasteiger partial charge in [-0.1, -0.05) is 6.07 Å². The lowest BCUT2D eigenvalue weighted by molar-refractivity contribution is 0.00590. The summed E-state index contributed by atoms with van der Waals surface area (Å²) in [6.07, 6.45) is 4.75. The molecular weight excluding hydrogens is 334 g/mol. The summed E-state index contributed by atoms with van der Waals surface area (Å²) < 4.78 is 8.32. The molecule has 0 aliphatic carbocycles. The van der Waals surface area contributed by atoms with Gasteiger partial charge in [-0.15, -0.1) is 10.2 Å². The van der Waals surface area contributed by atoms with Gasteiger partial charge in [0.2, 0.25) is 5.95 Å². The van der Waals surface area contributed by atoms with Gasteiger partial charge in [-0.05, 0) is 31.9 Å². The largest absolute Gasteiger partial charge is 0.373 e. The molecule has 1 atom stereocenters. The summed E-state index contributed by atoms with van der Waals surface area (Å²) in [5.74, 6) is 4.26. The molecule has 2 aliphatic heterocycles. The Morgan fingerprint density at radius 3 is 2.84 bits per heavy atom. The smallest absolute Gasteiger partial charge is 0.227 e. The lowest BCUT2D eigenvalue weighted by Gasteiger charge is -2.30. The molecule has 0 saturated carbocycles. The Hall–Kier alpha value is -1.60. The maximum absolute atomic E-state index is 6.05. The molecule has 4 heterocycles. The van der Waals surface area contributed by atoms with Gasteiger partial charge in [0.05, 0.1) is 18.6 Å². The van der Waals surface area contributed by atoms with Crippen LogP contribution >= 0.6 is 11.8 Å². The fourth-order valence-electron chi connectivity index (χ4n) is 3.58. The van der Waals surface area contributed by atoms with Crippen LogP contribution in [0.2, 0.25) is 0 Å². The van der Waals surface area contributed by atoms with Crippen molar-refractivity contribution < 1.29 is 4.74 Å². The zero-order valence-corrected chi connectivity index (χ0v) is 15.5. The van der Waals surface area contributed by atoms with Crippen LogP contribution in [0.1, 0.15) is 31.3 Å². The molecule has 4 rings (SSSR count). The van der Waals surface area contributed by atoms with Crippen LogP contribution in [-0.4, -0.2) is 56.6 Å². The van der Waals surface area contributed by atoms with E-state index in [1.807, 2.05) is 36.2 Å². The van der Waals surface area contributed by atoms with E-state index in [1.54, 1.807) is 0 Å². The lowest BCUT2D eigenvalue weighted by Crippen LogP contribution is -2.37. The Morgan fingerprint density at radius 1 is 1.24 bits per heavy atom. The third kappa shape index (κ3) is 3.82. The van der Waals surface area contributed by atoms with Crippen LogP contribution in [0.4, 0.5) is 5.95 Å². The van der Waals surface area contributed by atoms with Crippen molar-refractivity contribution >= 4 is 17.7 Å². The van der Waals surface area contributed by atoms with Gasteiger partial charge in [-0.25, -0.2) is 0 Å². The number of hydrogen-bond acceptors (Lipinski definition) is 6. The van der Waals surface area contributed by atoms with Crippen LogP contribution < -0.4 is 4.90 Å². The van der Waals surface area contributed by atoms with Crippen LogP contribution in [0.5, 0.6) is 0 Å². The van der Waals surface area contributed by atoms with Gasteiger partial charge in [0.1, 0.15) is 5.82 Å². The minimum atomic E-state index is -0.124. The number of nitrogens with zero attached hydrogens (tertiary/aromatic N) is 5. The second kappa shape index (κ2) is 7.33. The predicted octanol–water partition coefficient (Wildman–Crippen LogP) is 2.39. The Bertz CT molecular complexity index is 693. The number of ether oxygens (including phenoxy) is 1. The van der Waals surface area contributed by atoms with Crippen LogP contribution in [0.25, 0.3) is 0 Å².